The molecule has 1 aromatic rings. The lowest BCUT2D eigenvalue weighted by Crippen LogP contribution is -2.24. The molecule has 2 N–H and O–H groups in total. The normalized spacial score (nSPS) is 10.1. The number of nitro groups is 1. The van der Waals surface area contributed by atoms with Gasteiger partial charge in [-0.15, -0.1) is 0 Å². The molecule has 0 heterocycles. The number of nitrogens with zero attached hydrogens (tertiary/aromatic N) is 1. The minimum atomic E-state index is -0.592. The molecule has 0 saturated carbocycles. The molecule has 7 nitrogen and oxygen atoms in total. The zero-order valence-corrected chi connectivity index (χ0v) is 11.3. The van der Waals surface area contributed by atoms with E-state index in [-0.39, 0.29) is 30.6 Å². The van der Waals surface area contributed by atoms with E-state index in [9.17, 15) is 14.9 Å². The molecule has 1 rings (SSSR count). The Morgan fingerprint density at radius 2 is 2.25 bits per heavy atom. The predicted molar refractivity (Wildman–Crippen MR) is 72.9 cm³/mol. The number of amides is 1. The summed E-state index contributed by atoms with van der Waals surface area (Å²) in [5.74, 6) is -0.325. The molecule has 20 heavy (non-hydrogen) atoms. The van der Waals surface area contributed by atoms with E-state index in [0.29, 0.717) is 12.1 Å². The van der Waals surface area contributed by atoms with Gasteiger partial charge in [0.1, 0.15) is 6.61 Å². The van der Waals surface area contributed by atoms with Crippen LogP contribution in [0, 0.1) is 10.1 Å². The van der Waals surface area contributed by atoms with Gasteiger partial charge >= 0.3 is 5.69 Å². The molecule has 0 aromatic heterocycles. The van der Waals surface area contributed by atoms with Gasteiger partial charge in [-0.1, -0.05) is 13.3 Å². The fraction of sp³-hybridized carbons (Fsp3) is 0.462. The first-order valence-electron chi connectivity index (χ1n) is 6.40. The van der Waals surface area contributed by atoms with Crippen LogP contribution >= 0.6 is 0 Å². The van der Waals surface area contributed by atoms with Crippen LogP contribution in [0.1, 0.15) is 30.1 Å². The lowest BCUT2D eigenvalue weighted by atomic mass is 10.1. The second-order valence-corrected chi connectivity index (χ2v) is 4.12. The van der Waals surface area contributed by atoms with E-state index >= 15 is 0 Å². The van der Waals surface area contributed by atoms with Crippen LogP contribution in [0.5, 0.6) is 5.75 Å². The van der Waals surface area contributed by atoms with Crippen molar-refractivity contribution in [2.45, 2.75) is 19.8 Å². The first-order valence-corrected chi connectivity index (χ1v) is 6.40. The molecule has 0 aliphatic heterocycles. The number of hydrogen-bond acceptors (Lipinski definition) is 5. The molecule has 1 aromatic carbocycles. The van der Waals surface area contributed by atoms with Gasteiger partial charge in [0.25, 0.3) is 5.91 Å². The highest BCUT2D eigenvalue weighted by Gasteiger charge is 2.17. The number of carbonyl (C=O) groups excluding carboxylic acids is 1. The van der Waals surface area contributed by atoms with Gasteiger partial charge in [-0.2, -0.15) is 0 Å². The summed E-state index contributed by atoms with van der Waals surface area (Å²) in [4.78, 5) is 22.1. The highest BCUT2D eigenvalue weighted by atomic mass is 16.6. The molecule has 0 atom stereocenters. The van der Waals surface area contributed by atoms with E-state index in [1.807, 2.05) is 6.92 Å². The number of rotatable bonds is 8. The average Bonchev–Trinajstić information content (AvgIpc) is 2.44. The molecule has 110 valence electrons. The monoisotopic (exact) mass is 282 g/mol. The summed E-state index contributed by atoms with van der Waals surface area (Å²) in [5.41, 5.74) is 0.0585. The quantitative estimate of drug-likeness (QED) is 0.427. The summed E-state index contributed by atoms with van der Waals surface area (Å²) in [6.45, 7) is 2.24. The van der Waals surface area contributed by atoms with E-state index < -0.39 is 4.92 Å². The maximum absolute atomic E-state index is 11.8. The van der Waals surface area contributed by atoms with Gasteiger partial charge in [-0.05, 0) is 12.5 Å². The van der Waals surface area contributed by atoms with Crippen LogP contribution in [-0.4, -0.2) is 35.7 Å². The predicted octanol–water partition coefficient (Wildman–Crippen LogP) is 1.50. The van der Waals surface area contributed by atoms with Gasteiger partial charge in [0.2, 0.25) is 0 Å². The zero-order valence-electron chi connectivity index (χ0n) is 11.3. The molecule has 0 fully saturated rings. The smallest absolute Gasteiger partial charge is 0.310 e. The van der Waals surface area contributed by atoms with Crippen molar-refractivity contribution in [1.29, 1.82) is 0 Å². The van der Waals surface area contributed by atoms with Crippen molar-refractivity contribution in [2.24, 2.45) is 0 Å². The highest BCUT2D eigenvalue weighted by Crippen LogP contribution is 2.27. The maximum atomic E-state index is 11.8. The van der Waals surface area contributed by atoms with Crippen molar-refractivity contribution < 1.29 is 19.6 Å². The number of nitrogens with one attached hydrogen (secondary N) is 1. The summed E-state index contributed by atoms with van der Waals surface area (Å²) in [5, 5.41) is 22.3. The van der Waals surface area contributed by atoms with Crippen LogP contribution in [0.2, 0.25) is 0 Å². The number of nitro benzene ring substituents is 1. The Labute approximate surface area is 116 Å². The summed E-state index contributed by atoms with van der Waals surface area (Å²) in [7, 11) is 0. The molecule has 0 aliphatic rings. The van der Waals surface area contributed by atoms with Crippen LogP contribution in [0.4, 0.5) is 5.69 Å². The third-order valence-electron chi connectivity index (χ3n) is 2.58. The Kier molecular flexibility index (Phi) is 6.45. The molecule has 0 saturated heterocycles. The Hall–Kier alpha value is -2.15. The number of carbonyl (C=O) groups is 1. The van der Waals surface area contributed by atoms with Gasteiger partial charge < -0.3 is 15.2 Å². The van der Waals surface area contributed by atoms with Gasteiger partial charge in [0.15, 0.2) is 5.75 Å². The summed E-state index contributed by atoms with van der Waals surface area (Å²) >= 11 is 0. The van der Waals surface area contributed by atoms with Crippen molar-refractivity contribution in [2.75, 3.05) is 19.8 Å². The largest absolute Gasteiger partial charge is 0.484 e. The third kappa shape index (κ3) is 4.51. The van der Waals surface area contributed by atoms with E-state index in [1.165, 1.54) is 18.2 Å². The van der Waals surface area contributed by atoms with Crippen LogP contribution in [0.25, 0.3) is 0 Å². The minimum Gasteiger partial charge on any atom is -0.484 e. The second-order valence-electron chi connectivity index (χ2n) is 4.12. The lowest BCUT2D eigenvalue weighted by molar-refractivity contribution is -0.385. The number of hydrogen-bond donors (Lipinski definition) is 2. The van der Waals surface area contributed by atoms with Crippen molar-refractivity contribution in [3.05, 3.63) is 33.9 Å². The van der Waals surface area contributed by atoms with E-state index in [1.54, 1.807) is 0 Å². The molecular formula is C13H18N2O5. The fourth-order valence-corrected chi connectivity index (χ4v) is 1.56. The first kappa shape index (κ1) is 15.9. The molecule has 7 heteroatoms. The van der Waals surface area contributed by atoms with E-state index in [4.69, 9.17) is 9.84 Å². The Balaban J connectivity index is 2.87. The topological polar surface area (TPSA) is 102 Å². The number of aliphatic hydroxyl groups excluding tert-OH is 1. The van der Waals surface area contributed by atoms with Crippen LogP contribution in [0.3, 0.4) is 0 Å². The Morgan fingerprint density at radius 1 is 1.50 bits per heavy atom. The van der Waals surface area contributed by atoms with Gasteiger partial charge in [0, 0.05) is 24.2 Å². The molecular weight excluding hydrogens is 264 g/mol. The van der Waals surface area contributed by atoms with Gasteiger partial charge in [0.05, 0.1) is 11.5 Å². The second kappa shape index (κ2) is 8.11. The summed E-state index contributed by atoms with van der Waals surface area (Å²) < 4.78 is 5.09. The molecule has 0 aliphatic carbocycles. The number of ether oxygens (including phenoxy) is 1. The lowest BCUT2D eigenvalue weighted by Gasteiger charge is -2.08. The van der Waals surface area contributed by atoms with Crippen molar-refractivity contribution in [1.82, 2.24) is 5.32 Å². The third-order valence-corrected chi connectivity index (χ3v) is 2.58. The summed E-state index contributed by atoms with van der Waals surface area (Å²) in [6, 6.07) is 3.92. The molecule has 0 unspecified atom stereocenters. The highest BCUT2D eigenvalue weighted by molar-refractivity contribution is 5.95. The average molecular weight is 282 g/mol. The molecule has 0 radical (unpaired) electrons. The number of aliphatic hydroxyl groups is 1. The maximum Gasteiger partial charge on any atom is 0.310 e. The number of benzene rings is 1. The molecule has 0 bridgehead atoms. The molecule has 0 spiro atoms. The van der Waals surface area contributed by atoms with Crippen molar-refractivity contribution >= 4 is 11.6 Å². The zero-order chi connectivity index (χ0) is 15.0. The molecule has 1 amide bonds. The minimum absolute atomic E-state index is 0.0211. The van der Waals surface area contributed by atoms with Crippen LogP contribution in [0.15, 0.2) is 18.2 Å². The van der Waals surface area contributed by atoms with E-state index in [2.05, 4.69) is 5.32 Å². The van der Waals surface area contributed by atoms with Crippen molar-refractivity contribution in [3.8, 4) is 5.75 Å². The van der Waals surface area contributed by atoms with Gasteiger partial charge in [-0.3, -0.25) is 14.9 Å². The standard InChI is InChI=1S/C13H18N2O5/c1-2-3-6-14-13(17)10-4-5-11(15(18)19)12(9-10)20-8-7-16/h4-5,9,16H,2-3,6-8H2,1H3,(H,14,17). The van der Waals surface area contributed by atoms with Crippen LogP contribution in [-0.2, 0) is 0 Å². The van der Waals surface area contributed by atoms with Gasteiger partial charge in [-0.25, -0.2) is 0 Å². The summed E-state index contributed by atoms with van der Waals surface area (Å²) in [6.07, 6.45) is 1.83. The van der Waals surface area contributed by atoms with Crippen molar-refractivity contribution in [3.63, 3.8) is 0 Å². The SMILES string of the molecule is CCCCNC(=O)c1ccc([N+](=O)[O-])c(OCCO)c1. The Bertz CT molecular complexity index is 476. The van der Waals surface area contributed by atoms with Crippen LogP contribution < -0.4 is 10.1 Å². The number of unbranched alkanes of at least 4 members (excludes halogenated alkanes) is 1. The Morgan fingerprint density at radius 3 is 2.85 bits per heavy atom. The fourth-order valence-electron chi connectivity index (χ4n) is 1.56. The van der Waals surface area contributed by atoms with E-state index in [0.717, 1.165) is 12.8 Å². The first-order chi connectivity index (χ1) is 9.60.